The highest BCUT2D eigenvalue weighted by molar-refractivity contribution is 7.89. The molecule has 3 atom stereocenters. The number of rotatable bonds is 2. The van der Waals surface area contributed by atoms with Crippen LogP contribution in [-0.2, 0) is 18.4 Å². The normalized spacial score (nSPS) is 24.7. The highest BCUT2D eigenvalue weighted by atomic mass is 32.2. The Kier molecular flexibility index (Phi) is 5.09. The first-order chi connectivity index (χ1) is 13.3. The van der Waals surface area contributed by atoms with Gasteiger partial charge in [0, 0.05) is 31.7 Å². The third kappa shape index (κ3) is 3.50. The molecule has 3 heterocycles. The van der Waals surface area contributed by atoms with E-state index in [0.29, 0.717) is 28.5 Å². The molecule has 28 heavy (non-hydrogen) atoms. The van der Waals surface area contributed by atoms with Crippen LogP contribution in [0, 0.1) is 18.7 Å². The van der Waals surface area contributed by atoms with Crippen LogP contribution in [0.5, 0.6) is 5.75 Å². The van der Waals surface area contributed by atoms with Gasteiger partial charge in [-0.25, -0.2) is 4.39 Å². The molecule has 2 N–H and O–H groups in total. The van der Waals surface area contributed by atoms with Crippen molar-refractivity contribution in [3.05, 3.63) is 41.5 Å². The molecule has 1 aromatic carbocycles. The van der Waals surface area contributed by atoms with Crippen molar-refractivity contribution in [1.29, 1.82) is 0 Å². The zero-order valence-electron chi connectivity index (χ0n) is 16.0. The van der Waals surface area contributed by atoms with E-state index < -0.39 is 17.3 Å². The van der Waals surface area contributed by atoms with Crippen molar-refractivity contribution in [3.8, 4) is 5.75 Å². The number of anilines is 1. The lowest BCUT2D eigenvalue weighted by atomic mass is 10.1. The lowest BCUT2D eigenvalue weighted by Gasteiger charge is -2.24. The summed E-state index contributed by atoms with van der Waals surface area (Å²) in [6, 6.07) is 4.47. The van der Waals surface area contributed by atoms with Crippen LogP contribution >= 0.6 is 0 Å². The van der Waals surface area contributed by atoms with E-state index in [-0.39, 0.29) is 23.5 Å². The molecule has 1 aromatic heterocycles. The summed E-state index contributed by atoms with van der Waals surface area (Å²) < 4.78 is 37.1. The number of aryl methyl sites for hydroxylation is 2. The van der Waals surface area contributed by atoms with Crippen molar-refractivity contribution in [2.45, 2.75) is 17.9 Å². The molecule has 0 radical (unpaired) electrons. The van der Waals surface area contributed by atoms with Crippen molar-refractivity contribution in [2.75, 3.05) is 32.1 Å². The number of amides is 1. The lowest BCUT2D eigenvalue weighted by molar-refractivity contribution is 0.101. The van der Waals surface area contributed by atoms with Crippen molar-refractivity contribution in [3.63, 3.8) is 0 Å². The lowest BCUT2D eigenvalue weighted by Crippen LogP contribution is -2.43. The van der Waals surface area contributed by atoms with Crippen LogP contribution in [-0.4, -0.2) is 52.7 Å². The molecule has 2 aromatic rings. The Morgan fingerprint density at radius 2 is 2.18 bits per heavy atom. The van der Waals surface area contributed by atoms with Crippen molar-refractivity contribution in [2.24, 2.45) is 13.0 Å². The molecule has 3 unspecified atom stereocenters. The topological polar surface area (TPSA) is 81.6 Å². The fraction of sp³-hybridized carbons (Fsp3) is 0.421. The summed E-state index contributed by atoms with van der Waals surface area (Å²) in [5.41, 5.74) is 1.22. The fourth-order valence-corrected chi connectivity index (χ4v) is 5.05. The van der Waals surface area contributed by atoms with Crippen LogP contribution in [0.3, 0.4) is 0 Å². The number of carbonyl (C=O) groups is 1. The van der Waals surface area contributed by atoms with Gasteiger partial charge in [-0.3, -0.25) is 4.79 Å². The number of likely N-dealkylation sites (tertiary alicyclic amines) is 1. The van der Waals surface area contributed by atoms with Gasteiger partial charge in [-0.2, -0.15) is 0 Å². The molecule has 4 rings (SSSR count). The standard InChI is InChI=1S/C19H23FN4O3S/c1-11-6-13(4-5-14(11)20)21-19(25)17-18-16(9-24(17)3)28(26)22-15-8-23(2)7-12(15)10-27-18/h4-6,9,12,15,22H,7-8,10H2,1-3H3,(H,21,25). The Morgan fingerprint density at radius 1 is 1.39 bits per heavy atom. The van der Waals surface area contributed by atoms with E-state index in [1.165, 1.54) is 12.1 Å². The summed E-state index contributed by atoms with van der Waals surface area (Å²) in [5.74, 6) is -0.203. The number of fused-ring (bicyclic) bond motifs is 2. The second-order valence-electron chi connectivity index (χ2n) is 7.49. The molecule has 2 aliphatic rings. The molecule has 0 bridgehead atoms. The number of nitrogens with one attached hydrogen (secondary N) is 2. The zero-order chi connectivity index (χ0) is 20.0. The maximum absolute atomic E-state index is 13.5. The predicted octanol–water partition coefficient (Wildman–Crippen LogP) is 1.66. The van der Waals surface area contributed by atoms with E-state index >= 15 is 0 Å². The Morgan fingerprint density at radius 3 is 2.93 bits per heavy atom. The number of halogens is 1. The van der Waals surface area contributed by atoms with Crippen LogP contribution in [0.2, 0.25) is 0 Å². The maximum atomic E-state index is 13.5. The van der Waals surface area contributed by atoms with Crippen LogP contribution in [0.25, 0.3) is 0 Å². The molecule has 1 saturated heterocycles. The quantitative estimate of drug-likeness (QED) is 0.742. The second-order valence-corrected chi connectivity index (χ2v) is 8.70. The number of likely N-dealkylation sites (N-methyl/N-ethyl adjacent to an activating group) is 1. The van der Waals surface area contributed by atoms with Gasteiger partial charge in [0.1, 0.15) is 5.82 Å². The minimum Gasteiger partial charge on any atom is -0.593 e. The molecule has 1 fully saturated rings. The van der Waals surface area contributed by atoms with Gasteiger partial charge in [-0.05, 0) is 37.7 Å². The Balaban J connectivity index is 1.62. The molecule has 150 valence electrons. The molecule has 9 heteroatoms. The molecular formula is C19H23FN4O3S. The monoisotopic (exact) mass is 406 g/mol. The van der Waals surface area contributed by atoms with E-state index in [1.807, 2.05) is 7.05 Å². The van der Waals surface area contributed by atoms with E-state index in [0.717, 1.165) is 13.1 Å². The van der Waals surface area contributed by atoms with Crippen LogP contribution in [0.1, 0.15) is 16.1 Å². The van der Waals surface area contributed by atoms with Crippen LogP contribution < -0.4 is 14.8 Å². The molecule has 0 spiro atoms. The van der Waals surface area contributed by atoms with Crippen molar-refractivity contribution in [1.82, 2.24) is 14.2 Å². The Bertz CT molecular complexity index is 919. The number of benzene rings is 1. The first-order valence-electron chi connectivity index (χ1n) is 9.09. The smallest absolute Gasteiger partial charge is 0.276 e. The van der Waals surface area contributed by atoms with Gasteiger partial charge in [-0.1, -0.05) is 0 Å². The van der Waals surface area contributed by atoms with E-state index in [4.69, 9.17) is 4.74 Å². The van der Waals surface area contributed by atoms with E-state index in [1.54, 1.807) is 30.8 Å². The number of ether oxygens (including phenoxy) is 1. The average molecular weight is 406 g/mol. The number of carbonyl (C=O) groups excluding carboxylic acids is 1. The largest absolute Gasteiger partial charge is 0.593 e. The zero-order valence-corrected chi connectivity index (χ0v) is 16.8. The summed E-state index contributed by atoms with van der Waals surface area (Å²) in [6.45, 7) is 3.72. The number of hydrogen-bond donors (Lipinski definition) is 2. The van der Waals surface area contributed by atoms with Crippen molar-refractivity contribution >= 4 is 23.0 Å². The molecule has 1 amide bonds. The van der Waals surface area contributed by atoms with E-state index in [2.05, 4.69) is 14.9 Å². The highest BCUT2D eigenvalue weighted by Gasteiger charge is 2.40. The fourth-order valence-electron chi connectivity index (χ4n) is 3.80. The van der Waals surface area contributed by atoms with Gasteiger partial charge in [0.2, 0.25) is 10.6 Å². The third-order valence-corrected chi connectivity index (χ3v) is 6.46. The minimum atomic E-state index is -1.48. The number of aromatic nitrogens is 1. The highest BCUT2D eigenvalue weighted by Crippen LogP contribution is 2.34. The first kappa shape index (κ1) is 19.3. The van der Waals surface area contributed by atoms with E-state index in [9.17, 15) is 13.7 Å². The van der Waals surface area contributed by atoms with Crippen LogP contribution in [0.4, 0.5) is 10.1 Å². The maximum Gasteiger partial charge on any atom is 0.276 e. The Hall–Kier alpha value is -2.07. The SMILES string of the molecule is Cc1cc(NC(=O)c2c3c(cn2C)[S+]([O-])NC2CN(C)CC2CO3)ccc1F. The predicted molar refractivity (Wildman–Crippen MR) is 104 cm³/mol. The van der Waals surface area contributed by atoms with Crippen LogP contribution in [0.15, 0.2) is 29.3 Å². The summed E-state index contributed by atoms with van der Waals surface area (Å²) in [6.07, 6.45) is 1.66. The number of nitrogens with zero attached hydrogens (tertiary/aromatic N) is 2. The van der Waals surface area contributed by atoms with Gasteiger partial charge in [0.25, 0.3) is 5.91 Å². The Labute approximate surface area is 166 Å². The summed E-state index contributed by atoms with van der Waals surface area (Å²) in [7, 11) is 3.73. The molecule has 0 aliphatic carbocycles. The van der Waals surface area contributed by atoms with Gasteiger partial charge in [0.15, 0.2) is 5.69 Å². The number of hydrogen-bond acceptors (Lipinski definition) is 5. The first-order valence-corrected chi connectivity index (χ1v) is 10.2. The summed E-state index contributed by atoms with van der Waals surface area (Å²) in [5, 5.41) is 2.77. The molecule has 7 nitrogen and oxygen atoms in total. The summed E-state index contributed by atoms with van der Waals surface area (Å²) >= 11 is -1.48. The third-order valence-electron chi connectivity index (χ3n) is 5.26. The molecule has 2 aliphatic heterocycles. The second kappa shape index (κ2) is 7.40. The van der Waals surface area contributed by atoms with Gasteiger partial charge in [-0.15, -0.1) is 4.72 Å². The minimum absolute atomic E-state index is 0.0821. The van der Waals surface area contributed by atoms with Gasteiger partial charge >= 0.3 is 0 Å². The summed E-state index contributed by atoms with van der Waals surface area (Å²) in [4.78, 5) is 15.5. The molecular weight excluding hydrogens is 383 g/mol. The van der Waals surface area contributed by atoms with Gasteiger partial charge < -0.3 is 24.1 Å². The molecule has 0 saturated carbocycles. The average Bonchev–Trinajstić information content (AvgIpc) is 3.14. The van der Waals surface area contributed by atoms with Crippen molar-refractivity contribution < 1.29 is 18.5 Å². The van der Waals surface area contributed by atoms with Gasteiger partial charge in [0.05, 0.1) is 30.2 Å².